The summed E-state index contributed by atoms with van der Waals surface area (Å²) in [4.78, 5) is 7.06. The van der Waals surface area contributed by atoms with E-state index in [9.17, 15) is 0 Å². The molecule has 0 radical (unpaired) electrons. The maximum absolute atomic E-state index is 4.41. The lowest BCUT2D eigenvalue weighted by molar-refractivity contribution is 0.149. The summed E-state index contributed by atoms with van der Waals surface area (Å²) in [6, 6.07) is 11.6. The van der Waals surface area contributed by atoms with E-state index in [4.69, 9.17) is 0 Å². The largest absolute Gasteiger partial charge is 0.296 e. The molecule has 19 heavy (non-hydrogen) atoms. The second-order valence-corrected chi connectivity index (χ2v) is 5.50. The minimum absolute atomic E-state index is 0.610. The lowest BCUT2D eigenvalue weighted by Crippen LogP contribution is -2.33. The molecule has 1 fully saturated rings. The van der Waals surface area contributed by atoms with Crippen molar-refractivity contribution in [2.75, 3.05) is 13.1 Å². The van der Waals surface area contributed by atoms with Gasteiger partial charge in [0.2, 0.25) is 0 Å². The average molecular weight is 254 g/mol. The fraction of sp³-hybridized carbons (Fsp3) is 0.471. The number of piperidine rings is 1. The van der Waals surface area contributed by atoms with E-state index < -0.39 is 0 Å². The Kier molecular flexibility index (Phi) is 3.79. The molecule has 0 saturated carbocycles. The summed E-state index contributed by atoms with van der Waals surface area (Å²) in [5, 5.41) is 1.27. The fourth-order valence-corrected chi connectivity index (χ4v) is 3.22. The molecule has 0 bridgehead atoms. The number of nitrogens with zero attached hydrogens (tertiary/aromatic N) is 2. The second-order valence-electron chi connectivity index (χ2n) is 5.50. The van der Waals surface area contributed by atoms with Crippen LogP contribution in [0.4, 0.5) is 0 Å². The minimum Gasteiger partial charge on any atom is -0.296 e. The highest BCUT2D eigenvalue weighted by Gasteiger charge is 2.23. The molecule has 1 atom stereocenters. The van der Waals surface area contributed by atoms with E-state index in [1.165, 1.54) is 49.7 Å². The number of fused-ring (bicyclic) bond motifs is 1. The van der Waals surface area contributed by atoms with Crippen LogP contribution in [0.2, 0.25) is 0 Å². The number of aromatic nitrogens is 1. The maximum atomic E-state index is 4.41. The zero-order chi connectivity index (χ0) is 13.1. The molecule has 0 aliphatic carbocycles. The average Bonchev–Trinajstić information content (AvgIpc) is 2.48. The molecule has 2 nitrogen and oxygen atoms in total. The summed E-state index contributed by atoms with van der Waals surface area (Å²) in [7, 11) is 0. The van der Waals surface area contributed by atoms with Crippen molar-refractivity contribution in [3.8, 4) is 0 Å². The highest BCUT2D eigenvalue weighted by Crippen LogP contribution is 2.32. The predicted molar refractivity (Wildman–Crippen MR) is 80.2 cm³/mol. The molecule has 1 unspecified atom stereocenters. The van der Waals surface area contributed by atoms with E-state index in [2.05, 4.69) is 41.1 Å². The Morgan fingerprint density at radius 1 is 1.26 bits per heavy atom. The highest BCUT2D eigenvalue weighted by molar-refractivity contribution is 5.79. The summed E-state index contributed by atoms with van der Waals surface area (Å²) in [6.45, 7) is 4.75. The van der Waals surface area contributed by atoms with Crippen molar-refractivity contribution in [2.45, 2.75) is 38.6 Å². The van der Waals surface area contributed by atoms with Gasteiger partial charge in [-0.1, -0.05) is 25.5 Å². The topological polar surface area (TPSA) is 16.1 Å². The first-order valence-corrected chi connectivity index (χ1v) is 7.47. The third kappa shape index (κ3) is 2.64. The van der Waals surface area contributed by atoms with Gasteiger partial charge in [-0.05, 0) is 56.1 Å². The third-order valence-electron chi connectivity index (χ3n) is 4.14. The molecule has 3 rings (SSSR count). The van der Waals surface area contributed by atoms with Crippen LogP contribution in [0.1, 0.15) is 44.2 Å². The van der Waals surface area contributed by atoms with Crippen LogP contribution >= 0.6 is 0 Å². The van der Waals surface area contributed by atoms with Crippen molar-refractivity contribution in [1.82, 2.24) is 9.88 Å². The molecular weight excluding hydrogens is 232 g/mol. The van der Waals surface area contributed by atoms with Crippen molar-refractivity contribution >= 4 is 10.9 Å². The Morgan fingerprint density at radius 2 is 2.21 bits per heavy atom. The molecule has 0 N–H and O–H groups in total. The Labute approximate surface area is 115 Å². The zero-order valence-corrected chi connectivity index (χ0v) is 11.7. The summed E-state index contributed by atoms with van der Waals surface area (Å²) in [5.74, 6) is 0. The van der Waals surface area contributed by atoms with Gasteiger partial charge in [0, 0.05) is 17.6 Å². The van der Waals surface area contributed by atoms with Crippen LogP contribution in [-0.2, 0) is 0 Å². The smallest absolute Gasteiger partial charge is 0.0702 e. The molecule has 1 aliphatic heterocycles. The normalized spacial score (nSPS) is 20.8. The molecular formula is C17H22N2. The van der Waals surface area contributed by atoms with E-state index in [0.29, 0.717) is 6.04 Å². The lowest BCUT2D eigenvalue weighted by Gasteiger charge is -2.36. The summed E-state index contributed by atoms with van der Waals surface area (Å²) in [6.07, 6.45) is 7.12. The van der Waals surface area contributed by atoms with Gasteiger partial charge in [0.25, 0.3) is 0 Å². The van der Waals surface area contributed by atoms with Crippen LogP contribution < -0.4 is 0 Å². The molecule has 100 valence electrons. The summed E-state index contributed by atoms with van der Waals surface area (Å²) < 4.78 is 0. The first-order chi connectivity index (χ1) is 9.38. The maximum Gasteiger partial charge on any atom is 0.0702 e. The minimum atomic E-state index is 0.610. The predicted octanol–water partition coefficient (Wildman–Crippen LogP) is 4.17. The fourth-order valence-electron chi connectivity index (χ4n) is 3.22. The molecule has 2 heterocycles. The molecule has 1 aromatic heterocycles. The van der Waals surface area contributed by atoms with Crippen molar-refractivity contribution < 1.29 is 0 Å². The van der Waals surface area contributed by atoms with Crippen LogP contribution in [0, 0.1) is 0 Å². The quantitative estimate of drug-likeness (QED) is 0.817. The summed E-state index contributed by atoms with van der Waals surface area (Å²) >= 11 is 0. The van der Waals surface area contributed by atoms with Crippen LogP contribution in [-0.4, -0.2) is 23.0 Å². The van der Waals surface area contributed by atoms with E-state index in [1.807, 2.05) is 12.3 Å². The van der Waals surface area contributed by atoms with Gasteiger partial charge in [0.05, 0.1) is 5.52 Å². The van der Waals surface area contributed by atoms with E-state index >= 15 is 0 Å². The van der Waals surface area contributed by atoms with Gasteiger partial charge < -0.3 is 0 Å². The molecule has 1 saturated heterocycles. The van der Waals surface area contributed by atoms with Crippen molar-refractivity contribution in [2.24, 2.45) is 0 Å². The number of hydrogen-bond donors (Lipinski definition) is 0. The zero-order valence-electron chi connectivity index (χ0n) is 11.7. The van der Waals surface area contributed by atoms with Crippen LogP contribution in [0.3, 0.4) is 0 Å². The molecule has 2 heteroatoms. The number of likely N-dealkylation sites (tertiary alicyclic amines) is 1. The van der Waals surface area contributed by atoms with Crippen molar-refractivity contribution in [3.63, 3.8) is 0 Å². The number of benzene rings is 1. The lowest BCUT2D eigenvalue weighted by atomic mass is 9.94. The van der Waals surface area contributed by atoms with Crippen LogP contribution in [0.5, 0.6) is 0 Å². The van der Waals surface area contributed by atoms with Gasteiger partial charge in [-0.25, -0.2) is 0 Å². The van der Waals surface area contributed by atoms with Crippen LogP contribution in [0.15, 0.2) is 36.5 Å². The highest BCUT2D eigenvalue weighted by atomic mass is 15.2. The van der Waals surface area contributed by atoms with E-state index in [-0.39, 0.29) is 0 Å². The van der Waals surface area contributed by atoms with Crippen molar-refractivity contribution in [3.05, 3.63) is 42.1 Å². The Hall–Kier alpha value is -1.41. The molecule has 0 amide bonds. The van der Waals surface area contributed by atoms with Gasteiger partial charge in [-0.3, -0.25) is 9.88 Å². The molecule has 1 aliphatic rings. The Bertz CT molecular complexity index is 548. The van der Waals surface area contributed by atoms with E-state index in [1.54, 1.807) is 0 Å². The molecule has 2 aromatic rings. The Balaban J connectivity index is 1.92. The summed E-state index contributed by atoms with van der Waals surface area (Å²) in [5.41, 5.74) is 2.57. The van der Waals surface area contributed by atoms with Gasteiger partial charge in [-0.15, -0.1) is 0 Å². The second kappa shape index (κ2) is 5.70. The van der Waals surface area contributed by atoms with Gasteiger partial charge >= 0.3 is 0 Å². The first-order valence-electron chi connectivity index (χ1n) is 7.47. The first kappa shape index (κ1) is 12.6. The van der Waals surface area contributed by atoms with E-state index in [0.717, 1.165) is 5.52 Å². The number of pyridine rings is 1. The van der Waals surface area contributed by atoms with Crippen LogP contribution in [0.25, 0.3) is 10.9 Å². The van der Waals surface area contributed by atoms with Gasteiger partial charge in [0.1, 0.15) is 0 Å². The standard InChI is InChI=1S/C17H22N2/c1-2-11-19-12-4-3-7-17(19)15-8-9-16-14(13-15)6-5-10-18-16/h5-6,8-10,13,17H,2-4,7,11-12H2,1H3. The number of rotatable bonds is 3. The third-order valence-corrected chi connectivity index (χ3v) is 4.14. The molecule has 1 aromatic carbocycles. The van der Waals surface area contributed by atoms with Crippen molar-refractivity contribution in [1.29, 1.82) is 0 Å². The Morgan fingerprint density at radius 3 is 3.11 bits per heavy atom. The van der Waals surface area contributed by atoms with Gasteiger partial charge in [-0.2, -0.15) is 0 Å². The number of hydrogen-bond acceptors (Lipinski definition) is 2. The SMILES string of the molecule is CCCN1CCCCC1c1ccc2ncccc2c1. The van der Waals surface area contributed by atoms with Gasteiger partial charge in [0.15, 0.2) is 0 Å². The monoisotopic (exact) mass is 254 g/mol. The molecule has 0 spiro atoms.